The van der Waals surface area contributed by atoms with Crippen molar-refractivity contribution >= 4 is 21.6 Å². The number of hydrogen-bond donors (Lipinski definition) is 1. The van der Waals surface area contributed by atoms with Crippen LogP contribution >= 0.6 is 11.3 Å². The van der Waals surface area contributed by atoms with Crippen LogP contribution in [0.15, 0.2) is 24.3 Å². The molecule has 7 heteroatoms. The van der Waals surface area contributed by atoms with Crippen molar-refractivity contribution in [3.63, 3.8) is 0 Å². The smallest absolute Gasteiger partial charge is 0.179 e. The van der Waals surface area contributed by atoms with Gasteiger partial charge in [0.1, 0.15) is 11.9 Å². The van der Waals surface area contributed by atoms with Crippen LogP contribution in [0.25, 0.3) is 10.2 Å². The molecule has 25 heavy (non-hydrogen) atoms. The topological polar surface area (TPSA) is 73.1 Å². The highest BCUT2D eigenvalue weighted by atomic mass is 32.1. The monoisotopic (exact) mass is 360 g/mol. The fourth-order valence-corrected chi connectivity index (χ4v) is 3.66. The van der Waals surface area contributed by atoms with Gasteiger partial charge in [-0.25, -0.2) is 14.6 Å². The maximum Gasteiger partial charge on any atom is 0.179 e. The second-order valence-electron chi connectivity index (χ2n) is 5.91. The molecule has 0 fully saturated rings. The van der Waals surface area contributed by atoms with Crippen molar-refractivity contribution in [1.82, 2.24) is 19.7 Å². The minimum atomic E-state index is -0.656. The van der Waals surface area contributed by atoms with Crippen molar-refractivity contribution in [2.45, 2.75) is 45.8 Å². The van der Waals surface area contributed by atoms with Crippen LogP contribution in [-0.2, 0) is 24.1 Å². The number of aryl methyl sites for hydroxylation is 2. The van der Waals surface area contributed by atoms with E-state index >= 15 is 0 Å². The normalized spacial score (nSPS) is 12.8. The lowest BCUT2D eigenvalue weighted by molar-refractivity contribution is 0.134. The minimum absolute atomic E-state index is 0.478. The summed E-state index contributed by atoms with van der Waals surface area (Å²) < 4.78 is 8.50. The van der Waals surface area contributed by atoms with Crippen LogP contribution in [0.4, 0.5) is 0 Å². The first kappa shape index (κ1) is 18.0. The summed E-state index contributed by atoms with van der Waals surface area (Å²) in [5, 5.41) is 15.3. The van der Waals surface area contributed by atoms with E-state index in [0.717, 1.165) is 35.6 Å². The zero-order valence-corrected chi connectivity index (χ0v) is 15.5. The molecule has 2 aromatic heterocycles. The van der Waals surface area contributed by atoms with Gasteiger partial charge in [-0.1, -0.05) is 12.1 Å². The van der Waals surface area contributed by atoms with Gasteiger partial charge >= 0.3 is 0 Å². The molecule has 1 atom stereocenters. The Labute approximate surface area is 151 Å². The van der Waals surface area contributed by atoms with Gasteiger partial charge in [-0.05, 0) is 38.8 Å². The van der Waals surface area contributed by atoms with Crippen LogP contribution in [0.5, 0.6) is 0 Å². The van der Waals surface area contributed by atoms with Crippen molar-refractivity contribution in [3.8, 4) is 0 Å². The Balaban J connectivity index is 1.62. The first-order chi connectivity index (χ1) is 12.2. The molecule has 0 spiro atoms. The molecule has 0 aliphatic rings. The van der Waals surface area contributed by atoms with Crippen molar-refractivity contribution in [2.75, 3.05) is 13.2 Å². The lowest BCUT2D eigenvalue weighted by Crippen LogP contribution is -2.11. The van der Waals surface area contributed by atoms with E-state index in [2.05, 4.69) is 27.2 Å². The van der Waals surface area contributed by atoms with Crippen molar-refractivity contribution in [2.24, 2.45) is 0 Å². The number of fused-ring (bicyclic) bond motifs is 1. The SMILES string of the molecule is CCOCCn1nc(C(C)O)nc1CCCc1nc2ccccc2s1. The number of ether oxygens (including phenoxy) is 1. The molecule has 2 heterocycles. The molecule has 0 saturated carbocycles. The van der Waals surface area contributed by atoms with Gasteiger partial charge in [0.25, 0.3) is 0 Å². The molecular formula is C18H24N4O2S. The van der Waals surface area contributed by atoms with Crippen LogP contribution in [0.1, 0.15) is 43.0 Å². The number of aliphatic hydroxyl groups is 1. The zero-order valence-electron chi connectivity index (χ0n) is 14.7. The Morgan fingerprint density at radius 3 is 2.84 bits per heavy atom. The Bertz CT molecular complexity index is 779. The van der Waals surface area contributed by atoms with E-state index in [1.807, 2.05) is 23.7 Å². The Kier molecular flexibility index (Phi) is 6.12. The molecule has 6 nitrogen and oxygen atoms in total. The molecule has 3 rings (SSSR count). The second-order valence-corrected chi connectivity index (χ2v) is 7.03. The number of para-hydroxylation sites is 1. The molecule has 3 aromatic rings. The van der Waals surface area contributed by atoms with Gasteiger partial charge in [0, 0.05) is 13.0 Å². The van der Waals surface area contributed by atoms with E-state index < -0.39 is 6.10 Å². The van der Waals surface area contributed by atoms with Crippen LogP contribution in [0.2, 0.25) is 0 Å². The van der Waals surface area contributed by atoms with Crippen molar-refractivity contribution in [1.29, 1.82) is 0 Å². The fraction of sp³-hybridized carbons (Fsp3) is 0.500. The average Bonchev–Trinajstić information content (AvgIpc) is 3.19. The van der Waals surface area contributed by atoms with E-state index in [1.54, 1.807) is 18.3 Å². The first-order valence-corrected chi connectivity index (χ1v) is 9.53. The predicted octanol–water partition coefficient (Wildman–Crippen LogP) is 3.15. The fourth-order valence-electron chi connectivity index (χ4n) is 2.65. The third-order valence-electron chi connectivity index (χ3n) is 3.92. The summed E-state index contributed by atoms with van der Waals surface area (Å²) in [4.78, 5) is 9.17. The number of hydrogen-bond acceptors (Lipinski definition) is 6. The van der Waals surface area contributed by atoms with Gasteiger partial charge in [-0.2, -0.15) is 5.10 Å². The maximum absolute atomic E-state index is 9.74. The van der Waals surface area contributed by atoms with Crippen LogP contribution in [0, 0.1) is 0 Å². The second kappa shape index (κ2) is 8.51. The van der Waals surface area contributed by atoms with Crippen molar-refractivity contribution < 1.29 is 9.84 Å². The number of benzene rings is 1. The molecule has 0 aliphatic carbocycles. The minimum Gasteiger partial charge on any atom is -0.385 e. The third kappa shape index (κ3) is 4.62. The van der Waals surface area contributed by atoms with E-state index in [0.29, 0.717) is 25.6 Å². The summed E-state index contributed by atoms with van der Waals surface area (Å²) in [5.41, 5.74) is 1.07. The summed E-state index contributed by atoms with van der Waals surface area (Å²) in [5.74, 6) is 1.38. The van der Waals surface area contributed by atoms with E-state index in [-0.39, 0.29) is 0 Å². The first-order valence-electron chi connectivity index (χ1n) is 8.71. The van der Waals surface area contributed by atoms with Gasteiger partial charge < -0.3 is 9.84 Å². The summed E-state index contributed by atoms with van der Waals surface area (Å²) in [6.45, 7) is 5.60. The molecule has 0 radical (unpaired) electrons. The number of aromatic nitrogens is 4. The van der Waals surface area contributed by atoms with E-state index in [9.17, 15) is 5.11 Å². The van der Waals surface area contributed by atoms with Gasteiger partial charge in [0.2, 0.25) is 0 Å². The van der Waals surface area contributed by atoms with Crippen LogP contribution in [-0.4, -0.2) is 38.1 Å². The van der Waals surface area contributed by atoms with Gasteiger partial charge in [0.15, 0.2) is 5.82 Å². The Morgan fingerprint density at radius 1 is 1.24 bits per heavy atom. The molecule has 1 unspecified atom stereocenters. The molecule has 1 N–H and O–H groups in total. The molecule has 134 valence electrons. The molecule has 1 aromatic carbocycles. The summed E-state index contributed by atoms with van der Waals surface area (Å²) in [6, 6.07) is 8.22. The Hall–Kier alpha value is -1.83. The lowest BCUT2D eigenvalue weighted by Gasteiger charge is -2.05. The van der Waals surface area contributed by atoms with Crippen molar-refractivity contribution in [3.05, 3.63) is 40.9 Å². The largest absolute Gasteiger partial charge is 0.385 e. The number of aliphatic hydroxyl groups excluding tert-OH is 1. The van der Waals surface area contributed by atoms with Crippen LogP contribution < -0.4 is 0 Å². The zero-order chi connectivity index (χ0) is 17.6. The van der Waals surface area contributed by atoms with Gasteiger partial charge in [-0.3, -0.25) is 0 Å². The van der Waals surface area contributed by atoms with Gasteiger partial charge in [0.05, 0.1) is 28.4 Å². The van der Waals surface area contributed by atoms with Gasteiger partial charge in [-0.15, -0.1) is 11.3 Å². The van der Waals surface area contributed by atoms with Crippen LogP contribution in [0.3, 0.4) is 0 Å². The number of thiazole rings is 1. The Morgan fingerprint density at radius 2 is 2.08 bits per heavy atom. The predicted molar refractivity (Wildman–Crippen MR) is 98.8 cm³/mol. The number of nitrogens with zero attached hydrogens (tertiary/aromatic N) is 4. The highest BCUT2D eigenvalue weighted by molar-refractivity contribution is 7.18. The quantitative estimate of drug-likeness (QED) is 0.594. The average molecular weight is 360 g/mol. The molecular weight excluding hydrogens is 336 g/mol. The van der Waals surface area contributed by atoms with E-state index in [4.69, 9.17) is 4.74 Å². The molecule has 0 bridgehead atoms. The number of rotatable bonds is 9. The summed E-state index contributed by atoms with van der Waals surface area (Å²) in [6.07, 6.45) is 2.02. The lowest BCUT2D eigenvalue weighted by atomic mass is 10.2. The summed E-state index contributed by atoms with van der Waals surface area (Å²) in [7, 11) is 0. The highest BCUT2D eigenvalue weighted by Gasteiger charge is 2.14. The summed E-state index contributed by atoms with van der Waals surface area (Å²) >= 11 is 1.75. The molecule has 0 aliphatic heterocycles. The highest BCUT2D eigenvalue weighted by Crippen LogP contribution is 2.22. The standard InChI is InChI=1S/C18H24N4O2S/c1-3-24-12-11-22-16(20-18(21-22)13(2)23)9-6-10-17-19-14-7-4-5-8-15(14)25-17/h4-5,7-8,13,23H,3,6,9-12H2,1-2H3. The van der Waals surface area contributed by atoms with E-state index in [1.165, 1.54) is 4.70 Å². The maximum atomic E-state index is 9.74. The third-order valence-corrected chi connectivity index (χ3v) is 5.02. The molecule has 0 saturated heterocycles. The molecule has 0 amide bonds.